The van der Waals surface area contributed by atoms with Gasteiger partial charge < -0.3 is 10.6 Å². The minimum Gasteiger partial charge on any atom is -0.345 e. The van der Waals surface area contributed by atoms with E-state index in [1.54, 1.807) is 25.3 Å². The summed E-state index contributed by atoms with van der Waals surface area (Å²) < 4.78 is 26.8. The molecule has 0 unspecified atom stereocenters. The molecule has 0 saturated carbocycles. The summed E-state index contributed by atoms with van der Waals surface area (Å²) in [7, 11) is 0. The molecular weight excluding hydrogens is 340 g/mol. The Morgan fingerprint density at radius 3 is 2.69 bits per heavy atom. The fourth-order valence-electron chi connectivity index (χ4n) is 2.24. The van der Waals surface area contributed by atoms with Gasteiger partial charge in [-0.15, -0.1) is 0 Å². The van der Waals surface area contributed by atoms with Gasteiger partial charge in [-0.1, -0.05) is 6.07 Å². The van der Waals surface area contributed by atoms with Gasteiger partial charge in [-0.05, 0) is 31.2 Å². The van der Waals surface area contributed by atoms with E-state index >= 15 is 0 Å². The SMILES string of the molecule is Cc1nc(Nc2ccc(F)cc2F)cc(C(=O)NCc2ccccn2)n1. The third kappa shape index (κ3) is 4.35. The molecule has 0 fully saturated rings. The fourth-order valence-corrected chi connectivity index (χ4v) is 2.24. The lowest BCUT2D eigenvalue weighted by Crippen LogP contribution is -2.24. The van der Waals surface area contributed by atoms with Crippen molar-refractivity contribution in [3.05, 3.63) is 77.5 Å². The average Bonchev–Trinajstić information content (AvgIpc) is 2.62. The molecule has 0 atom stereocenters. The maximum absolute atomic E-state index is 13.8. The number of anilines is 2. The van der Waals surface area contributed by atoms with E-state index < -0.39 is 17.5 Å². The molecular formula is C18H15F2N5O. The van der Waals surface area contributed by atoms with Crippen molar-refractivity contribution in [1.82, 2.24) is 20.3 Å². The lowest BCUT2D eigenvalue weighted by Gasteiger charge is -2.10. The van der Waals surface area contributed by atoms with Crippen molar-refractivity contribution in [2.75, 3.05) is 5.32 Å². The average molecular weight is 355 g/mol. The highest BCUT2D eigenvalue weighted by molar-refractivity contribution is 5.93. The summed E-state index contributed by atoms with van der Waals surface area (Å²) in [5.41, 5.74) is 0.876. The van der Waals surface area contributed by atoms with Crippen molar-refractivity contribution < 1.29 is 13.6 Å². The number of rotatable bonds is 5. The fraction of sp³-hybridized carbons (Fsp3) is 0.111. The second kappa shape index (κ2) is 7.64. The van der Waals surface area contributed by atoms with Crippen LogP contribution in [0, 0.1) is 18.6 Å². The smallest absolute Gasteiger partial charge is 0.270 e. The van der Waals surface area contributed by atoms with Crippen molar-refractivity contribution in [3.8, 4) is 0 Å². The number of aryl methyl sites for hydroxylation is 1. The maximum Gasteiger partial charge on any atom is 0.270 e. The zero-order chi connectivity index (χ0) is 18.5. The van der Waals surface area contributed by atoms with E-state index in [0.717, 1.165) is 12.1 Å². The molecule has 26 heavy (non-hydrogen) atoms. The van der Waals surface area contributed by atoms with Gasteiger partial charge in [0.15, 0.2) is 0 Å². The van der Waals surface area contributed by atoms with E-state index in [1.807, 2.05) is 6.07 Å². The molecule has 6 nitrogen and oxygen atoms in total. The molecule has 3 rings (SSSR count). The van der Waals surface area contributed by atoms with Crippen LogP contribution in [0.1, 0.15) is 22.0 Å². The molecule has 0 bridgehead atoms. The van der Waals surface area contributed by atoms with Crippen molar-refractivity contribution in [1.29, 1.82) is 0 Å². The Bertz CT molecular complexity index is 934. The predicted octanol–water partition coefficient (Wildman–Crippen LogP) is 3.13. The largest absolute Gasteiger partial charge is 0.345 e. The van der Waals surface area contributed by atoms with Crippen LogP contribution in [0.2, 0.25) is 0 Å². The number of pyridine rings is 1. The van der Waals surface area contributed by atoms with Crippen LogP contribution in [0.3, 0.4) is 0 Å². The number of amides is 1. The first-order valence-corrected chi connectivity index (χ1v) is 7.77. The van der Waals surface area contributed by atoms with Gasteiger partial charge in [-0.3, -0.25) is 9.78 Å². The molecule has 2 aromatic heterocycles. The first kappa shape index (κ1) is 17.4. The molecule has 2 heterocycles. The van der Waals surface area contributed by atoms with Crippen molar-refractivity contribution in [2.45, 2.75) is 13.5 Å². The van der Waals surface area contributed by atoms with Gasteiger partial charge in [0.05, 0.1) is 17.9 Å². The minimum absolute atomic E-state index is 0.0457. The monoisotopic (exact) mass is 355 g/mol. The summed E-state index contributed by atoms with van der Waals surface area (Å²) in [4.78, 5) is 24.6. The highest BCUT2D eigenvalue weighted by Crippen LogP contribution is 2.20. The second-order valence-corrected chi connectivity index (χ2v) is 5.44. The molecule has 3 aromatic rings. The Kier molecular flexibility index (Phi) is 5.12. The molecule has 0 spiro atoms. The standard InChI is InChI=1S/C18H15F2N5O/c1-11-23-16(18(26)22-10-13-4-2-3-7-21-13)9-17(24-11)25-15-6-5-12(19)8-14(15)20/h2-9H,10H2,1H3,(H,22,26)(H,23,24,25). The van der Waals surface area contributed by atoms with Crippen LogP contribution in [-0.2, 0) is 6.54 Å². The normalized spacial score (nSPS) is 10.4. The Balaban J connectivity index is 1.75. The van der Waals surface area contributed by atoms with E-state index in [9.17, 15) is 13.6 Å². The third-order valence-electron chi connectivity index (χ3n) is 3.42. The van der Waals surface area contributed by atoms with Gasteiger partial charge in [0.1, 0.15) is 29.0 Å². The number of nitrogens with one attached hydrogen (secondary N) is 2. The van der Waals surface area contributed by atoms with Crippen LogP contribution in [0.4, 0.5) is 20.3 Å². The number of halogens is 2. The summed E-state index contributed by atoms with van der Waals surface area (Å²) in [6.45, 7) is 1.86. The number of hydrogen-bond donors (Lipinski definition) is 2. The minimum atomic E-state index is -0.762. The summed E-state index contributed by atoms with van der Waals surface area (Å²) >= 11 is 0. The van der Waals surface area contributed by atoms with Gasteiger partial charge in [0, 0.05) is 18.3 Å². The lowest BCUT2D eigenvalue weighted by molar-refractivity contribution is 0.0945. The topological polar surface area (TPSA) is 79.8 Å². The third-order valence-corrected chi connectivity index (χ3v) is 3.42. The van der Waals surface area contributed by atoms with Crippen molar-refractivity contribution >= 4 is 17.4 Å². The Morgan fingerprint density at radius 1 is 1.12 bits per heavy atom. The van der Waals surface area contributed by atoms with Crippen molar-refractivity contribution in [2.24, 2.45) is 0 Å². The molecule has 2 N–H and O–H groups in total. The molecule has 132 valence electrons. The molecule has 0 aliphatic rings. The summed E-state index contributed by atoms with van der Waals surface area (Å²) in [5.74, 6) is -1.29. The predicted molar refractivity (Wildman–Crippen MR) is 91.8 cm³/mol. The number of aromatic nitrogens is 3. The zero-order valence-corrected chi connectivity index (χ0v) is 13.8. The summed E-state index contributed by atoms with van der Waals surface area (Å²) in [6, 6.07) is 9.92. The molecule has 1 amide bonds. The second-order valence-electron chi connectivity index (χ2n) is 5.44. The highest BCUT2D eigenvalue weighted by Gasteiger charge is 2.12. The van der Waals surface area contributed by atoms with Gasteiger partial charge >= 0.3 is 0 Å². The van der Waals surface area contributed by atoms with Crippen LogP contribution in [-0.4, -0.2) is 20.9 Å². The summed E-state index contributed by atoms with van der Waals surface area (Å²) in [6.07, 6.45) is 1.63. The highest BCUT2D eigenvalue weighted by atomic mass is 19.1. The van der Waals surface area contributed by atoms with Crippen LogP contribution in [0.15, 0.2) is 48.7 Å². The number of benzene rings is 1. The van der Waals surface area contributed by atoms with Gasteiger partial charge in [-0.2, -0.15) is 0 Å². The van der Waals surface area contributed by atoms with E-state index in [2.05, 4.69) is 25.6 Å². The summed E-state index contributed by atoms with van der Waals surface area (Å²) in [5, 5.41) is 5.43. The van der Waals surface area contributed by atoms with Crippen molar-refractivity contribution in [3.63, 3.8) is 0 Å². The number of nitrogens with zero attached hydrogens (tertiary/aromatic N) is 3. The van der Waals surface area contributed by atoms with Crippen LogP contribution in [0.25, 0.3) is 0 Å². The molecule has 0 aliphatic heterocycles. The first-order chi connectivity index (χ1) is 12.5. The molecule has 0 saturated heterocycles. The molecule has 0 aliphatic carbocycles. The first-order valence-electron chi connectivity index (χ1n) is 7.77. The zero-order valence-electron chi connectivity index (χ0n) is 13.8. The maximum atomic E-state index is 13.8. The number of hydrogen-bond acceptors (Lipinski definition) is 5. The quantitative estimate of drug-likeness (QED) is 0.735. The Morgan fingerprint density at radius 2 is 1.96 bits per heavy atom. The van der Waals surface area contributed by atoms with Crippen LogP contribution in [0.5, 0.6) is 0 Å². The van der Waals surface area contributed by atoms with E-state index in [1.165, 1.54) is 12.1 Å². The molecule has 0 radical (unpaired) electrons. The Labute approximate surface area is 148 Å². The van der Waals surface area contributed by atoms with Crippen LogP contribution < -0.4 is 10.6 Å². The van der Waals surface area contributed by atoms with Gasteiger partial charge in [0.2, 0.25) is 0 Å². The lowest BCUT2D eigenvalue weighted by atomic mass is 10.3. The molecule has 8 heteroatoms. The van der Waals surface area contributed by atoms with Gasteiger partial charge in [0.25, 0.3) is 5.91 Å². The Hall–Kier alpha value is -3.42. The van der Waals surface area contributed by atoms with Gasteiger partial charge in [-0.25, -0.2) is 18.7 Å². The number of carbonyl (C=O) groups excluding carboxylic acids is 1. The molecule has 1 aromatic carbocycles. The van der Waals surface area contributed by atoms with E-state index in [4.69, 9.17) is 0 Å². The van der Waals surface area contributed by atoms with Crippen LogP contribution >= 0.6 is 0 Å². The number of carbonyl (C=O) groups is 1. The van der Waals surface area contributed by atoms with E-state index in [0.29, 0.717) is 11.5 Å². The van der Waals surface area contributed by atoms with E-state index in [-0.39, 0.29) is 23.7 Å².